The third kappa shape index (κ3) is 1.43. The van der Waals surface area contributed by atoms with Gasteiger partial charge in [-0.2, -0.15) is 0 Å². The zero-order chi connectivity index (χ0) is 13.7. The SMILES string of the molecule is COc1ccc2c(c1)c(C)nc1c3ccccc3[nH]c21. The van der Waals surface area contributed by atoms with Crippen molar-refractivity contribution in [2.45, 2.75) is 6.92 Å². The molecule has 0 aliphatic carbocycles. The number of fused-ring (bicyclic) bond motifs is 5. The third-order valence-electron chi connectivity index (χ3n) is 3.84. The van der Waals surface area contributed by atoms with Crippen molar-refractivity contribution in [3.63, 3.8) is 0 Å². The van der Waals surface area contributed by atoms with Crippen LogP contribution in [0.4, 0.5) is 0 Å². The number of aromatic nitrogens is 2. The Morgan fingerprint density at radius 1 is 1.00 bits per heavy atom. The maximum Gasteiger partial charge on any atom is 0.119 e. The number of hydrogen-bond donors (Lipinski definition) is 1. The first kappa shape index (κ1) is 11.3. The van der Waals surface area contributed by atoms with Gasteiger partial charge in [0.1, 0.15) is 5.75 Å². The van der Waals surface area contributed by atoms with E-state index in [0.29, 0.717) is 0 Å². The monoisotopic (exact) mass is 262 g/mol. The molecule has 2 aromatic heterocycles. The molecule has 0 radical (unpaired) electrons. The molecule has 0 amide bonds. The van der Waals surface area contributed by atoms with Crippen molar-refractivity contribution in [1.29, 1.82) is 0 Å². The maximum absolute atomic E-state index is 5.31. The number of H-pyrrole nitrogens is 1. The molecule has 2 heterocycles. The number of aryl methyl sites for hydroxylation is 1. The van der Waals surface area contributed by atoms with E-state index >= 15 is 0 Å². The average molecular weight is 262 g/mol. The van der Waals surface area contributed by atoms with Gasteiger partial charge in [0.05, 0.1) is 18.1 Å². The molecule has 98 valence electrons. The summed E-state index contributed by atoms with van der Waals surface area (Å²) in [6.45, 7) is 2.04. The van der Waals surface area contributed by atoms with Gasteiger partial charge in [0.15, 0.2) is 0 Å². The van der Waals surface area contributed by atoms with Crippen LogP contribution in [0.1, 0.15) is 5.69 Å². The summed E-state index contributed by atoms with van der Waals surface area (Å²) in [5, 5.41) is 3.48. The van der Waals surface area contributed by atoms with Gasteiger partial charge in [-0.3, -0.25) is 4.98 Å². The molecule has 0 bridgehead atoms. The number of methoxy groups -OCH3 is 1. The fraction of sp³-hybridized carbons (Fsp3) is 0.118. The molecular weight excluding hydrogens is 248 g/mol. The zero-order valence-electron chi connectivity index (χ0n) is 11.4. The van der Waals surface area contributed by atoms with Gasteiger partial charge in [-0.1, -0.05) is 18.2 Å². The predicted molar refractivity (Wildman–Crippen MR) is 82.4 cm³/mol. The fourth-order valence-electron chi connectivity index (χ4n) is 2.83. The highest BCUT2D eigenvalue weighted by atomic mass is 16.5. The van der Waals surface area contributed by atoms with E-state index in [1.807, 2.05) is 31.2 Å². The van der Waals surface area contributed by atoms with Gasteiger partial charge in [-0.25, -0.2) is 0 Å². The van der Waals surface area contributed by atoms with Gasteiger partial charge in [0, 0.05) is 27.4 Å². The molecular formula is C17H14N2O. The molecule has 0 atom stereocenters. The van der Waals surface area contributed by atoms with Crippen LogP contribution in [-0.4, -0.2) is 17.1 Å². The lowest BCUT2D eigenvalue weighted by atomic mass is 10.1. The summed E-state index contributed by atoms with van der Waals surface area (Å²) in [4.78, 5) is 8.26. The number of rotatable bonds is 1. The second kappa shape index (κ2) is 3.97. The van der Waals surface area contributed by atoms with Crippen molar-refractivity contribution in [3.05, 3.63) is 48.2 Å². The van der Waals surface area contributed by atoms with Crippen molar-refractivity contribution >= 4 is 32.7 Å². The average Bonchev–Trinajstić information content (AvgIpc) is 2.86. The van der Waals surface area contributed by atoms with Gasteiger partial charge in [-0.15, -0.1) is 0 Å². The van der Waals surface area contributed by atoms with Crippen LogP contribution in [0.5, 0.6) is 5.75 Å². The first-order valence-corrected chi connectivity index (χ1v) is 6.62. The standard InChI is InChI=1S/C17H14N2O/c1-10-14-9-11(20-2)7-8-12(14)16-17(18-10)13-5-3-4-6-15(13)19-16/h3-9,19H,1-2H3. The Balaban J connectivity index is 2.23. The van der Waals surface area contributed by atoms with Crippen LogP contribution in [0.15, 0.2) is 42.5 Å². The van der Waals surface area contributed by atoms with E-state index in [1.165, 1.54) is 10.8 Å². The fourth-order valence-corrected chi connectivity index (χ4v) is 2.83. The number of ether oxygens (including phenoxy) is 1. The van der Waals surface area contributed by atoms with Crippen LogP contribution in [0.3, 0.4) is 0 Å². The first-order valence-electron chi connectivity index (χ1n) is 6.62. The second-order valence-electron chi connectivity index (χ2n) is 5.00. The Morgan fingerprint density at radius 3 is 2.70 bits per heavy atom. The lowest BCUT2D eigenvalue weighted by molar-refractivity contribution is 0.415. The van der Waals surface area contributed by atoms with Crippen LogP contribution in [0.25, 0.3) is 32.7 Å². The topological polar surface area (TPSA) is 37.9 Å². The molecule has 4 rings (SSSR count). The first-order chi connectivity index (χ1) is 9.78. The van der Waals surface area contributed by atoms with E-state index in [9.17, 15) is 0 Å². The molecule has 0 fully saturated rings. The Bertz CT molecular complexity index is 953. The van der Waals surface area contributed by atoms with Crippen LogP contribution in [0.2, 0.25) is 0 Å². The Morgan fingerprint density at radius 2 is 1.85 bits per heavy atom. The van der Waals surface area contributed by atoms with Gasteiger partial charge in [0.25, 0.3) is 0 Å². The van der Waals surface area contributed by atoms with Crippen molar-refractivity contribution in [2.75, 3.05) is 7.11 Å². The summed E-state index contributed by atoms with van der Waals surface area (Å²) in [7, 11) is 1.69. The lowest BCUT2D eigenvalue weighted by Gasteiger charge is -2.06. The van der Waals surface area contributed by atoms with Crippen molar-refractivity contribution < 1.29 is 4.74 Å². The Kier molecular flexibility index (Phi) is 2.24. The molecule has 0 saturated heterocycles. The van der Waals surface area contributed by atoms with Crippen LogP contribution >= 0.6 is 0 Å². The molecule has 0 saturated carbocycles. The van der Waals surface area contributed by atoms with Gasteiger partial charge in [0.2, 0.25) is 0 Å². The molecule has 20 heavy (non-hydrogen) atoms. The summed E-state index contributed by atoms with van der Waals surface area (Å²) in [5.41, 5.74) is 4.28. The number of pyridine rings is 1. The maximum atomic E-state index is 5.31. The molecule has 0 aliphatic heterocycles. The summed E-state index contributed by atoms with van der Waals surface area (Å²) in [6.07, 6.45) is 0. The Labute approximate surface area is 116 Å². The van der Waals surface area contributed by atoms with Crippen LogP contribution in [0, 0.1) is 6.92 Å². The zero-order valence-corrected chi connectivity index (χ0v) is 11.4. The molecule has 3 heteroatoms. The van der Waals surface area contributed by atoms with Gasteiger partial charge in [-0.05, 0) is 31.2 Å². The minimum Gasteiger partial charge on any atom is -0.497 e. The van der Waals surface area contributed by atoms with E-state index < -0.39 is 0 Å². The quantitative estimate of drug-likeness (QED) is 0.558. The van der Waals surface area contributed by atoms with E-state index in [1.54, 1.807) is 7.11 Å². The molecule has 0 spiro atoms. The molecule has 0 unspecified atom stereocenters. The molecule has 1 N–H and O–H groups in total. The van der Waals surface area contributed by atoms with E-state index in [-0.39, 0.29) is 0 Å². The number of nitrogens with zero attached hydrogens (tertiary/aromatic N) is 1. The molecule has 2 aromatic carbocycles. The van der Waals surface area contributed by atoms with Crippen molar-refractivity contribution in [2.24, 2.45) is 0 Å². The number of para-hydroxylation sites is 1. The normalized spacial score (nSPS) is 11.5. The smallest absolute Gasteiger partial charge is 0.119 e. The lowest BCUT2D eigenvalue weighted by Crippen LogP contribution is -1.88. The number of hydrogen-bond acceptors (Lipinski definition) is 2. The van der Waals surface area contributed by atoms with E-state index in [4.69, 9.17) is 9.72 Å². The van der Waals surface area contributed by atoms with Crippen molar-refractivity contribution in [1.82, 2.24) is 9.97 Å². The Hall–Kier alpha value is -2.55. The summed E-state index contributed by atoms with van der Waals surface area (Å²) >= 11 is 0. The van der Waals surface area contributed by atoms with Gasteiger partial charge >= 0.3 is 0 Å². The molecule has 4 aromatic rings. The minimum atomic E-state index is 0.859. The predicted octanol–water partition coefficient (Wildman–Crippen LogP) is 4.19. The molecule has 3 nitrogen and oxygen atoms in total. The molecule has 0 aliphatic rings. The number of benzene rings is 2. The highest BCUT2D eigenvalue weighted by Crippen LogP contribution is 2.32. The number of aromatic amines is 1. The summed E-state index contributed by atoms with van der Waals surface area (Å²) in [6, 6.07) is 14.4. The summed E-state index contributed by atoms with van der Waals surface area (Å²) in [5.74, 6) is 0.859. The van der Waals surface area contributed by atoms with Crippen LogP contribution in [-0.2, 0) is 0 Å². The largest absolute Gasteiger partial charge is 0.497 e. The second-order valence-corrected chi connectivity index (χ2v) is 5.00. The third-order valence-corrected chi connectivity index (χ3v) is 3.84. The highest BCUT2D eigenvalue weighted by molar-refractivity contribution is 6.15. The van der Waals surface area contributed by atoms with Gasteiger partial charge < -0.3 is 9.72 Å². The van der Waals surface area contributed by atoms with Crippen molar-refractivity contribution in [3.8, 4) is 5.75 Å². The number of nitrogens with one attached hydrogen (secondary N) is 1. The van der Waals surface area contributed by atoms with E-state index in [2.05, 4.69) is 23.2 Å². The van der Waals surface area contributed by atoms with Crippen LogP contribution < -0.4 is 4.74 Å². The highest BCUT2D eigenvalue weighted by Gasteiger charge is 2.11. The van der Waals surface area contributed by atoms with E-state index in [0.717, 1.165) is 33.4 Å². The summed E-state index contributed by atoms with van der Waals surface area (Å²) < 4.78 is 5.31. The minimum absolute atomic E-state index is 0.859.